The van der Waals surface area contributed by atoms with Crippen molar-refractivity contribution in [3.63, 3.8) is 0 Å². The van der Waals surface area contributed by atoms with Gasteiger partial charge in [-0.05, 0) is 70.2 Å². The van der Waals surface area contributed by atoms with E-state index in [0.717, 1.165) is 32.5 Å². The third-order valence-electron chi connectivity index (χ3n) is 3.98. The van der Waals surface area contributed by atoms with Crippen LogP contribution >= 0.6 is 23.7 Å². The number of thiophene rings is 1. The Bertz CT molecular complexity index is 441. The molecule has 2 N–H and O–H groups in total. The number of carbonyl (C=O) groups excluding carboxylic acids is 1. The normalized spacial score (nSPS) is 18.1. The number of hydrogen-bond acceptors (Lipinski definition) is 3. The molecular weight excluding hydrogens is 304 g/mol. The van der Waals surface area contributed by atoms with Crippen molar-refractivity contribution < 1.29 is 4.79 Å². The molecule has 0 aliphatic carbocycles. The SMILES string of the molecule is Cc1cc(CCCC(=O)NCC2CCCNC2)c(C)s1.Cl. The maximum absolute atomic E-state index is 11.8. The molecule has 1 aromatic heterocycles. The number of amides is 1. The molecule has 0 aromatic carbocycles. The summed E-state index contributed by atoms with van der Waals surface area (Å²) in [6.07, 6.45) is 5.09. The van der Waals surface area contributed by atoms with Crippen molar-refractivity contribution >= 4 is 29.7 Å². The highest BCUT2D eigenvalue weighted by atomic mass is 35.5. The van der Waals surface area contributed by atoms with Crippen molar-refractivity contribution in [1.29, 1.82) is 0 Å². The molecule has 0 spiro atoms. The molecule has 1 aliphatic rings. The lowest BCUT2D eigenvalue weighted by Crippen LogP contribution is -2.38. The van der Waals surface area contributed by atoms with Crippen molar-refractivity contribution in [1.82, 2.24) is 10.6 Å². The predicted molar refractivity (Wildman–Crippen MR) is 92.6 cm³/mol. The van der Waals surface area contributed by atoms with Crippen molar-refractivity contribution in [2.75, 3.05) is 19.6 Å². The quantitative estimate of drug-likeness (QED) is 0.840. The van der Waals surface area contributed by atoms with E-state index in [1.165, 1.54) is 28.2 Å². The summed E-state index contributed by atoms with van der Waals surface area (Å²) in [6.45, 7) is 7.33. The Morgan fingerprint density at radius 2 is 2.29 bits per heavy atom. The van der Waals surface area contributed by atoms with Crippen molar-refractivity contribution in [3.05, 3.63) is 21.4 Å². The largest absolute Gasteiger partial charge is 0.356 e. The minimum Gasteiger partial charge on any atom is -0.356 e. The van der Waals surface area contributed by atoms with Gasteiger partial charge in [-0.25, -0.2) is 0 Å². The molecule has 2 rings (SSSR count). The van der Waals surface area contributed by atoms with E-state index in [4.69, 9.17) is 0 Å². The molecule has 1 amide bonds. The van der Waals surface area contributed by atoms with Crippen LogP contribution in [0.15, 0.2) is 6.07 Å². The van der Waals surface area contributed by atoms with Crippen molar-refractivity contribution in [3.8, 4) is 0 Å². The molecule has 2 heterocycles. The molecule has 5 heteroatoms. The lowest BCUT2D eigenvalue weighted by atomic mass is 10.00. The van der Waals surface area contributed by atoms with Gasteiger partial charge in [0.25, 0.3) is 0 Å². The number of carbonyl (C=O) groups is 1. The molecular formula is C16H27ClN2OS. The zero-order valence-electron chi connectivity index (χ0n) is 13.0. The van der Waals surface area contributed by atoms with Crippen LogP contribution < -0.4 is 10.6 Å². The zero-order valence-corrected chi connectivity index (χ0v) is 14.7. The van der Waals surface area contributed by atoms with Gasteiger partial charge >= 0.3 is 0 Å². The van der Waals surface area contributed by atoms with Crippen LogP contribution in [0.2, 0.25) is 0 Å². The molecule has 1 saturated heterocycles. The maximum atomic E-state index is 11.8. The van der Waals surface area contributed by atoms with Crippen LogP contribution in [0, 0.1) is 19.8 Å². The summed E-state index contributed by atoms with van der Waals surface area (Å²) in [4.78, 5) is 14.6. The molecule has 0 saturated carbocycles. The number of halogens is 1. The second kappa shape index (κ2) is 9.44. The Labute approximate surface area is 138 Å². The molecule has 0 bridgehead atoms. The van der Waals surface area contributed by atoms with Crippen LogP contribution in [0.4, 0.5) is 0 Å². The van der Waals surface area contributed by atoms with Gasteiger partial charge in [0.2, 0.25) is 5.91 Å². The third-order valence-corrected chi connectivity index (χ3v) is 4.99. The minimum absolute atomic E-state index is 0. The average Bonchev–Trinajstić information content (AvgIpc) is 2.76. The van der Waals surface area contributed by atoms with Crippen LogP contribution in [0.1, 0.15) is 41.0 Å². The monoisotopic (exact) mass is 330 g/mol. The van der Waals surface area contributed by atoms with Crippen LogP contribution in [-0.4, -0.2) is 25.5 Å². The Morgan fingerprint density at radius 3 is 2.90 bits per heavy atom. The second-order valence-electron chi connectivity index (χ2n) is 5.81. The van der Waals surface area contributed by atoms with E-state index in [1.54, 1.807) is 0 Å². The Morgan fingerprint density at radius 1 is 1.48 bits per heavy atom. The van der Waals surface area contributed by atoms with Crippen LogP contribution in [0.5, 0.6) is 0 Å². The fourth-order valence-electron chi connectivity index (χ4n) is 2.82. The van der Waals surface area contributed by atoms with E-state index in [1.807, 2.05) is 11.3 Å². The predicted octanol–water partition coefficient (Wildman–Crippen LogP) is 3.23. The van der Waals surface area contributed by atoms with E-state index in [0.29, 0.717) is 12.3 Å². The van der Waals surface area contributed by atoms with Crippen LogP contribution in [0.3, 0.4) is 0 Å². The summed E-state index contributed by atoms with van der Waals surface area (Å²) in [6, 6.07) is 2.26. The molecule has 120 valence electrons. The minimum atomic E-state index is 0. The molecule has 0 radical (unpaired) electrons. The Kier molecular flexibility index (Phi) is 8.30. The molecule has 1 aliphatic heterocycles. The fourth-order valence-corrected chi connectivity index (χ4v) is 3.79. The standard InChI is InChI=1S/C16H26N2OS.ClH/c1-12-9-15(13(2)20-12)6-3-7-16(19)18-11-14-5-4-8-17-10-14;/h9,14,17H,3-8,10-11H2,1-2H3,(H,18,19);1H. The van der Waals surface area contributed by atoms with E-state index >= 15 is 0 Å². The number of hydrogen-bond donors (Lipinski definition) is 2. The van der Waals surface area contributed by atoms with Gasteiger partial charge in [0.1, 0.15) is 0 Å². The third kappa shape index (κ3) is 6.37. The first kappa shape index (κ1) is 18.5. The first-order chi connectivity index (χ1) is 9.65. The van der Waals surface area contributed by atoms with Crippen LogP contribution in [0.25, 0.3) is 0 Å². The van der Waals surface area contributed by atoms with Gasteiger partial charge in [-0.15, -0.1) is 23.7 Å². The highest BCUT2D eigenvalue weighted by molar-refractivity contribution is 7.12. The highest BCUT2D eigenvalue weighted by Gasteiger charge is 2.13. The number of nitrogens with one attached hydrogen (secondary N) is 2. The van der Waals surface area contributed by atoms with Crippen LogP contribution in [-0.2, 0) is 11.2 Å². The number of rotatable bonds is 6. The Balaban J connectivity index is 0.00000220. The van der Waals surface area contributed by atoms with E-state index in [9.17, 15) is 4.79 Å². The smallest absolute Gasteiger partial charge is 0.220 e. The zero-order chi connectivity index (χ0) is 14.4. The average molecular weight is 331 g/mol. The summed E-state index contributed by atoms with van der Waals surface area (Å²) in [5, 5.41) is 6.46. The lowest BCUT2D eigenvalue weighted by Gasteiger charge is -2.22. The van der Waals surface area contributed by atoms with Gasteiger partial charge in [-0.1, -0.05) is 0 Å². The molecule has 1 aromatic rings. The topological polar surface area (TPSA) is 41.1 Å². The first-order valence-corrected chi connectivity index (χ1v) is 8.50. The van der Waals surface area contributed by atoms with Gasteiger partial charge in [-0.3, -0.25) is 4.79 Å². The van der Waals surface area contributed by atoms with Crippen molar-refractivity contribution in [2.45, 2.75) is 46.0 Å². The van der Waals surface area contributed by atoms with Gasteiger partial charge in [0, 0.05) is 22.7 Å². The first-order valence-electron chi connectivity index (χ1n) is 7.68. The second-order valence-corrected chi connectivity index (χ2v) is 7.27. The Hall–Kier alpha value is -0.580. The maximum Gasteiger partial charge on any atom is 0.220 e. The van der Waals surface area contributed by atoms with Crippen molar-refractivity contribution in [2.24, 2.45) is 5.92 Å². The van der Waals surface area contributed by atoms with Gasteiger partial charge < -0.3 is 10.6 Å². The molecule has 1 atom stereocenters. The van der Waals surface area contributed by atoms with E-state index in [2.05, 4.69) is 30.5 Å². The fraction of sp³-hybridized carbons (Fsp3) is 0.688. The summed E-state index contributed by atoms with van der Waals surface area (Å²) in [7, 11) is 0. The van der Waals surface area contributed by atoms with Gasteiger partial charge in [0.05, 0.1) is 0 Å². The highest BCUT2D eigenvalue weighted by Crippen LogP contribution is 2.22. The summed E-state index contributed by atoms with van der Waals surface area (Å²) in [5.41, 5.74) is 1.41. The van der Waals surface area contributed by atoms with Gasteiger partial charge in [-0.2, -0.15) is 0 Å². The van der Waals surface area contributed by atoms with Gasteiger partial charge in [0.15, 0.2) is 0 Å². The van der Waals surface area contributed by atoms with E-state index in [-0.39, 0.29) is 18.3 Å². The molecule has 3 nitrogen and oxygen atoms in total. The lowest BCUT2D eigenvalue weighted by molar-refractivity contribution is -0.121. The van der Waals surface area contributed by atoms with E-state index < -0.39 is 0 Å². The molecule has 21 heavy (non-hydrogen) atoms. The number of aryl methyl sites for hydroxylation is 3. The summed E-state index contributed by atoms with van der Waals surface area (Å²) < 4.78 is 0. The summed E-state index contributed by atoms with van der Waals surface area (Å²) in [5.74, 6) is 0.828. The number of piperidine rings is 1. The summed E-state index contributed by atoms with van der Waals surface area (Å²) >= 11 is 1.85. The molecule has 1 unspecified atom stereocenters. The molecule has 1 fully saturated rings.